The molecule has 5 nitrogen and oxygen atoms in total. The average Bonchev–Trinajstić information content (AvgIpc) is 3.37. The quantitative estimate of drug-likeness (QED) is 0.708. The first-order valence-electron chi connectivity index (χ1n) is 10.5. The molecule has 2 amide bonds. The third kappa shape index (κ3) is 2.90. The van der Waals surface area contributed by atoms with Gasteiger partial charge in [-0.2, -0.15) is 0 Å². The molecule has 6 heteroatoms. The van der Waals surface area contributed by atoms with Gasteiger partial charge in [0.15, 0.2) is 0 Å². The molecule has 1 atom stereocenters. The van der Waals surface area contributed by atoms with Crippen molar-refractivity contribution in [3.63, 3.8) is 0 Å². The standard InChI is InChI=1S/C24H24FN3O2/c1-24(23(30)26-18-7-3-4-8-18)15-27-20-9-5-2-6-16(20)14-21(27)22(29)28(24)19-12-10-17(25)11-13-19/h2,5-6,9-14,18H,3-4,7-8,15H2,1H3,(H,26,30)/t24-/m0/s1. The molecular weight excluding hydrogens is 381 g/mol. The normalized spacial score (nSPS) is 21.8. The van der Waals surface area contributed by atoms with Crippen LogP contribution in [0.5, 0.6) is 0 Å². The highest BCUT2D eigenvalue weighted by Crippen LogP contribution is 2.36. The number of rotatable bonds is 3. The fraction of sp³-hybridized carbons (Fsp3) is 0.333. The number of nitrogens with zero attached hydrogens (tertiary/aromatic N) is 2. The molecule has 30 heavy (non-hydrogen) atoms. The Bertz CT molecular complexity index is 1130. The number of aromatic nitrogens is 1. The van der Waals surface area contributed by atoms with E-state index in [9.17, 15) is 14.0 Å². The summed E-state index contributed by atoms with van der Waals surface area (Å²) in [6.45, 7) is 2.13. The lowest BCUT2D eigenvalue weighted by Gasteiger charge is -2.44. The molecule has 0 radical (unpaired) electrons. The van der Waals surface area contributed by atoms with E-state index in [1.54, 1.807) is 19.1 Å². The second-order valence-corrected chi connectivity index (χ2v) is 8.52. The van der Waals surface area contributed by atoms with Crippen LogP contribution in [-0.4, -0.2) is 28.0 Å². The van der Waals surface area contributed by atoms with E-state index in [1.807, 2.05) is 34.9 Å². The van der Waals surface area contributed by atoms with Crippen LogP contribution in [0.2, 0.25) is 0 Å². The van der Waals surface area contributed by atoms with Crippen LogP contribution in [-0.2, 0) is 11.3 Å². The van der Waals surface area contributed by atoms with Crippen molar-refractivity contribution in [1.82, 2.24) is 9.88 Å². The molecule has 1 aliphatic heterocycles. The van der Waals surface area contributed by atoms with Crippen LogP contribution in [0.15, 0.2) is 54.6 Å². The van der Waals surface area contributed by atoms with Crippen LogP contribution in [0.1, 0.15) is 43.1 Å². The fourth-order valence-corrected chi connectivity index (χ4v) is 4.85. The van der Waals surface area contributed by atoms with E-state index in [4.69, 9.17) is 0 Å². The lowest BCUT2D eigenvalue weighted by molar-refractivity contribution is -0.127. The molecule has 1 saturated carbocycles. The number of para-hydroxylation sites is 1. The van der Waals surface area contributed by atoms with Gasteiger partial charge in [-0.05, 0) is 56.2 Å². The summed E-state index contributed by atoms with van der Waals surface area (Å²) in [6, 6.07) is 15.6. The highest BCUT2D eigenvalue weighted by atomic mass is 19.1. The van der Waals surface area contributed by atoms with E-state index in [0.717, 1.165) is 36.6 Å². The van der Waals surface area contributed by atoms with Gasteiger partial charge in [-0.15, -0.1) is 0 Å². The molecule has 1 aliphatic carbocycles. The third-order valence-electron chi connectivity index (χ3n) is 6.46. The van der Waals surface area contributed by atoms with Crippen molar-refractivity contribution in [2.24, 2.45) is 0 Å². The van der Waals surface area contributed by atoms with Crippen molar-refractivity contribution in [3.05, 3.63) is 66.1 Å². The number of carbonyl (C=O) groups is 2. The second-order valence-electron chi connectivity index (χ2n) is 8.52. The molecule has 0 spiro atoms. The number of amides is 2. The Morgan fingerprint density at radius 1 is 1.10 bits per heavy atom. The van der Waals surface area contributed by atoms with E-state index in [2.05, 4.69) is 5.32 Å². The molecule has 5 rings (SSSR count). The van der Waals surface area contributed by atoms with Crippen LogP contribution >= 0.6 is 0 Å². The van der Waals surface area contributed by atoms with Crippen LogP contribution in [0.25, 0.3) is 10.9 Å². The lowest BCUT2D eigenvalue weighted by atomic mass is 9.93. The number of benzene rings is 2. The van der Waals surface area contributed by atoms with E-state index < -0.39 is 5.54 Å². The molecule has 0 bridgehead atoms. The Kier molecular flexibility index (Phi) is 4.38. The maximum absolute atomic E-state index is 13.7. The molecular formula is C24H24FN3O2. The first-order valence-corrected chi connectivity index (χ1v) is 10.5. The number of hydrogen-bond donors (Lipinski definition) is 1. The van der Waals surface area contributed by atoms with Crippen molar-refractivity contribution in [1.29, 1.82) is 0 Å². The van der Waals surface area contributed by atoms with E-state index in [0.29, 0.717) is 17.9 Å². The summed E-state index contributed by atoms with van der Waals surface area (Å²) in [4.78, 5) is 28.7. The summed E-state index contributed by atoms with van der Waals surface area (Å²) in [5.41, 5.74) is 0.847. The Balaban J connectivity index is 1.63. The summed E-state index contributed by atoms with van der Waals surface area (Å²) >= 11 is 0. The van der Waals surface area contributed by atoms with Gasteiger partial charge in [0, 0.05) is 22.6 Å². The topological polar surface area (TPSA) is 54.3 Å². The van der Waals surface area contributed by atoms with Crippen LogP contribution in [0.4, 0.5) is 10.1 Å². The molecule has 3 aromatic rings. The minimum absolute atomic E-state index is 0.141. The van der Waals surface area contributed by atoms with Gasteiger partial charge in [-0.1, -0.05) is 31.0 Å². The van der Waals surface area contributed by atoms with Gasteiger partial charge in [0.25, 0.3) is 5.91 Å². The highest BCUT2D eigenvalue weighted by molar-refractivity contribution is 6.14. The van der Waals surface area contributed by atoms with Crippen molar-refractivity contribution in [2.45, 2.75) is 50.7 Å². The van der Waals surface area contributed by atoms with Gasteiger partial charge in [-0.3, -0.25) is 14.5 Å². The van der Waals surface area contributed by atoms with E-state index >= 15 is 0 Å². The number of hydrogen-bond acceptors (Lipinski definition) is 2. The Morgan fingerprint density at radius 3 is 2.53 bits per heavy atom. The number of carbonyl (C=O) groups excluding carboxylic acids is 2. The predicted octanol–water partition coefficient (Wildman–Crippen LogP) is 4.26. The zero-order valence-corrected chi connectivity index (χ0v) is 16.9. The van der Waals surface area contributed by atoms with Crippen LogP contribution in [0, 0.1) is 5.82 Å². The predicted molar refractivity (Wildman–Crippen MR) is 114 cm³/mol. The molecule has 154 valence electrons. The first kappa shape index (κ1) is 18.9. The monoisotopic (exact) mass is 405 g/mol. The van der Waals surface area contributed by atoms with Crippen molar-refractivity contribution < 1.29 is 14.0 Å². The minimum atomic E-state index is -1.13. The van der Waals surface area contributed by atoms with Gasteiger partial charge in [-0.25, -0.2) is 4.39 Å². The largest absolute Gasteiger partial charge is 0.351 e. The first-order chi connectivity index (χ1) is 14.5. The smallest absolute Gasteiger partial charge is 0.275 e. The number of anilines is 1. The second kappa shape index (κ2) is 6.97. The Labute approximate surface area is 174 Å². The lowest BCUT2D eigenvalue weighted by Crippen LogP contribution is -2.65. The number of fused-ring (bicyclic) bond motifs is 3. The van der Waals surface area contributed by atoms with Crippen molar-refractivity contribution in [3.8, 4) is 0 Å². The van der Waals surface area contributed by atoms with Gasteiger partial charge in [0.05, 0.1) is 6.54 Å². The summed E-state index contributed by atoms with van der Waals surface area (Å²) in [5.74, 6) is -0.807. The van der Waals surface area contributed by atoms with Gasteiger partial charge < -0.3 is 9.88 Å². The summed E-state index contributed by atoms with van der Waals surface area (Å²) in [5, 5.41) is 4.13. The Hall–Kier alpha value is -3.15. The molecule has 2 aliphatic rings. The van der Waals surface area contributed by atoms with Gasteiger partial charge in [0.2, 0.25) is 5.91 Å². The van der Waals surface area contributed by atoms with Crippen molar-refractivity contribution >= 4 is 28.4 Å². The maximum atomic E-state index is 13.7. The number of halogens is 1. The molecule has 0 unspecified atom stereocenters. The van der Waals surface area contributed by atoms with E-state index in [1.165, 1.54) is 17.0 Å². The van der Waals surface area contributed by atoms with E-state index in [-0.39, 0.29) is 23.7 Å². The third-order valence-corrected chi connectivity index (χ3v) is 6.46. The Morgan fingerprint density at radius 2 is 1.80 bits per heavy atom. The SMILES string of the molecule is C[C@@]1(C(=O)NC2CCCC2)Cn2c(cc3ccccc32)C(=O)N1c1ccc(F)cc1. The van der Waals surface area contributed by atoms with Gasteiger partial charge >= 0.3 is 0 Å². The summed E-state index contributed by atoms with van der Waals surface area (Å²) < 4.78 is 15.5. The molecule has 0 saturated heterocycles. The molecule has 2 heterocycles. The van der Waals surface area contributed by atoms with Gasteiger partial charge in [0.1, 0.15) is 17.1 Å². The van der Waals surface area contributed by atoms with Crippen LogP contribution in [0.3, 0.4) is 0 Å². The highest BCUT2D eigenvalue weighted by Gasteiger charge is 2.49. The molecule has 1 N–H and O–H groups in total. The minimum Gasteiger partial charge on any atom is -0.351 e. The molecule has 1 aromatic heterocycles. The van der Waals surface area contributed by atoms with Crippen molar-refractivity contribution in [2.75, 3.05) is 4.90 Å². The zero-order valence-electron chi connectivity index (χ0n) is 16.9. The van der Waals surface area contributed by atoms with Crippen LogP contribution < -0.4 is 10.2 Å². The summed E-state index contributed by atoms with van der Waals surface area (Å²) in [7, 11) is 0. The maximum Gasteiger partial charge on any atom is 0.275 e. The zero-order chi connectivity index (χ0) is 20.9. The number of nitrogens with one attached hydrogen (secondary N) is 1. The fourth-order valence-electron chi connectivity index (χ4n) is 4.85. The molecule has 2 aromatic carbocycles. The average molecular weight is 405 g/mol. The summed E-state index contributed by atoms with van der Waals surface area (Å²) in [6.07, 6.45) is 4.14. The molecule has 1 fully saturated rings.